The summed E-state index contributed by atoms with van der Waals surface area (Å²) in [6.45, 7) is 3.17. The third-order valence-electron chi connectivity index (χ3n) is 5.93. The van der Waals surface area contributed by atoms with Crippen LogP contribution in [0.15, 0.2) is 30.6 Å². The van der Waals surface area contributed by atoms with E-state index in [1.54, 1.807) is 24.4 Å². The number of likely N-dealkylation sites (tertiary alicyclic amines) is 2. The van der Waals surface area contributed by atoms with Crippen molar-refractivity contribution in [3.05, 3.63) is 46.9 Å². The summed E-state index contributed by atoms with van der Waals surface area (Å²) in [5.41, 5.74) is 0.993. The van der Waals surface area contributed by atoms with Gasteiger partial charge in [0, 0.05) is 37.0 Å². The number of Topliss-reactive ketones (excluding diaryl/α,β-unsaturated/α-hetero) is 1. The average Bonchev–Trinajstić information content (AvgIpc) is 3.48. The Bertz CT molecular complexity index is 944. The molecule has 2 fully saturated rings. The number of carbonyl (C=O) groups excluding carboxylic acids is 3. The minimum absolute atomic E-state index is 0.0232. The van der Waals surface area contributed by atoms with Gasteiger partial charge in [0.05, 0.1) is 11.6 Å². The number of hydrogen-bond acceptors (Lipinski definition) is 5. The van der Waals surface area contributed by atoms with E-state index in [-0.39, 0.29) is 30.1 Å². The van der Waals surface area contributed by atoms with Crippen molar-refractivity contribution in [1.29, 1.82) is 0 Å². The predicted octanol–water partition coefficient (Wildman–Crippen LogP) is 2.83. The molecule has 0 spiro atoms. The zero-order valence-corrected chi connectivity index (χ0v) is 18.0. The number of aromatic nitrogens is 2. The van der Waals surface area contributed by atoms with Gasteiger partial charge in [-0.05, 0) is 57.0 Å². The van der Waals surface area contributed by atoms with E-state index < -0.39 is 0 Å². The summed E-state index contributed by atoms with van der Waals surface area (Å²) in [7, 11) is 0. The zero-order valence-electron chi connectivity index (χ0n) is 17.3. The molecule has 0 bridgehead atoms. The van der Waals surface area contributed by atoms with E-state index >= 15 is 0 Å². The number of ketones is 1. The van der Waals surface area contributed by atoms with Crippen LogP contribution in [0.3, 0.4) is 0 Å². The number of hydrogen-bond donors (Lipinski definition) is 2. The van der Waals surface area contributed by atoms with E-state index in [0.717, 1.165) is 25.9 Å². The molecule has 8 nitrogen and oxygen atoms in total. The van der Waals surface area contributed by atoms with E-state index in [1.807, 2.05) is 4.90 Å². The molecule has 2 amide bonds. The molecule has 2 N–H and O–H groups in total. The maximum absolute atomic E-state index is 12.7. The molecule has 2 saturated heterocycles. The molecular formula is C22H26ClN5O3. The first-order chi connectivity index (χ1) is 15.0. The van der Waals surface area contributed by atoms with Crippen molar-refractivity contribution in [2.45, 2.75) is 25.7 Å². The maximum atomic E-state index is 12.7. The summed E-state index contributed by atoms with van der Waals surface area (Å²) in [6, 6.07) is 5.01. The van der Waals surface area contributed by atoms with Gasteiger partial charge in [0.15, 0.2) is 5.78 Å². The highest BCUT2D eigenvalue weighted by Crippen LogP contribution is 2.20. The Morgan fingerprint density at radius 3 is 2.55 bits per heavy atom. The quantitative estimate of drug-likeness (QED) is 0.669. The Balaban J connectivity index is 1.25. The van der Waals surface area contributed by atoms with Crippen LogP contribution in [-0.4, -0.2) is 70.1 Å². The lowest BCUT2D eigenvalue weighted by Gasteiger charge is -2.30. The summed E-state index contributed by atoms with van der Waals surface area (Å²) in [5.74, 6) is 0.250. The van der Waals surface area contributed by atoms with Crippen LogP contribution in [0.4, 0.5) is 5.82 Å². The Kier molecular flexibility index (Phi) is 6.67. The molecule has 0 atom stereocenters. The van der Waals surface area contributed by atoms with Crippen LogP contribution in [0, 0.1) is 5.92 Å². The number of rotatable bonds is 6. The second kappa shape index (κ2) is 9.62. The lowest BCUT2D eigenvalue weighted by atomic mass is 9.95. The van der Waals surface area contributed by atoms with Gasteiger partial charge in [-0.2, -0.15) is 0 Å². The summed E-state index contributed by atoms with van der Waals surface area (Å²) in [4.78, 5) is 48.5. The molecule has 2 aromatic rings. The number of halogens is 1. The number of nitrogens with zero attached hydrogens (tertiary/aromatic N) is 3. The fourth-order valence-electron chi connectivity index (χ4n) is 4.10. The van der Waals surface area contributed by atoms with Crippen molar-refractivity contribution in [2.24, 2.45) is 5.92 Å². The SMILES string of the molecule is O=C(CN1CCC(C(=O)Nc2ccc(Cl)cn2)CC1)c1c[nH]c(C(=O)N2CCCC2)c1. The Labute approximate surface area is 186 Å². The van der Waals surface area contributed by atoms with Crippen LogP contribution < -0.4 is 5.32 Å². The second-order valence-electron chi connectivity index (χ2n) is 8.13. The molecule has 164 valence electrons. The Hall–Kier alpha value is -2.71. The highest BCUT2D eigenvalue weighted by molar-refractivity contribution is 6.30. The summed E-state index contributed by atoms with van der Waals surface area (Å²) < 4.78 is 0. The number of aromatic amines is 1. The number of piperidine rings is 1. The van der Waals surface area contributed by atoms with Gasteiger partial charge in [-0.1, -0.05) is 11.6 Å². The molecule has 4 rings (SSSR count). The van der Waals surface area contributed by atoms with Crippen molar-refractivity contribution in [1.82, 2.24) is 19.8 Å². The van der Waals surface area contributed by atoms with Gasteiger partial charge in [-0.3, -0.25) is 19.3 Å². The molecule has 0 unspecified atom stereocenters. The third-order valence-corrected chi connectivity index (χ3v) is 6.16. The maximum Gasteiger partial charge on any atom is 0.270 e. The number of carbonyl (C=O) groups is 3. The topological polar surface area (TPSA) is 98.4 Å². The van der Waals surface area contributed by atoms with Crippen LogP contribution in [0.1, 0.15) is 46.5 Å². The summed E-state index contributed by atoms with van der Waals surface area (Å²) in [6.07, 6.45) is 6.53. The Morgan fingerprint density at radius 2 is 1.87 bits per heavy atom. The monoisotopic (exact) mass is 443 g/mol. The molecule has 0 aliphatic carbocycles. The van der Waals surface area contributed by atoms with Crippen molar-refractivity contribution in [3.63, 3.8) is 0 Å². The van der Waals surface area contributed by atoms with Gasteiger partial charge in [0.25, 0.3) is 5.91 Å². The number of nitrogens with one attached hydrogen (secondary N) is 2. The number of pyridine rings is 1. The fraction of sp³-hybridized carbons (Fsp3) is 0.455. The van der Waals surface area contributed by atoms with Crippen LogP contribution in [0.5, 0.6) is 0 Å². The third kappa shape index (κ3) is 5.32. The highest BCUT2D eigenvalue weighted by Gasteiger charge is 2.27. The van der Waals surface area contributed by atoms with Gasteiger partial charge in [-0.25, -0.2) is 4.98 Å². The van der Waals surface area contributed by atoms with E-state index in [1.165, 1.54) is 6.20 Å². The number of H-pyrrole nitrogens is 1. The second-order valence-corrected chi connectivity index (χ2v) is 8.56. The van der Waals surface area contributed by atoms with Gasteiger partial charge in [0.1, 0.15) is 11.5 Å². The van der Waals surface area contributed by atoms with Crippen molar-refractivity contribution >= 4 is 35.0 Å². The lowest BCUT2D eigenvalue weighted by Crippen LogP contribution is -2.40. The zero-order chi connectivity index (χ0) is 21.8. The normalized spacial score (nSPS) is 17.6. The smallest absolute Gasteiger partial charge is 0.270 e. The van der Waals surface area contributed by atoms with Gasteiger partial charge in [-0.15, -0.1) is 0 Å². The number of anilines is 1. The fourth-order valence-corrected chi connectivity index (χ4v) is 4.21. The van der Waals surface area contributed by atoms with Crippen LogP contribution in [0.25, 0.3) is 0 Å². The lowest BCUT2D eigenvalue weighted by molar-refractivity contribution is -0.121. The van der Waals surface area contributed by atoms with E-state index in [4.69, 9.17) is 11.6 Å². The van der Waals surface area contributed by atoms with E-state index in [0.29, 0.717) is 48.0 Å². The molecule has 0 aromatic carbocycles. The van der Waals surface area contributed by atoms with E-state index in [2.05, 4.69) is 20.2 Å². The summed E-state index contributed by atoms with van der Waals surface area (Å²) in [5, 5.41) is 3.34. The first kappa shape index (κ1) is 21.5. The van der Waals surface area contributed by atoms with Crippen molar-refractivity contribution < 1.29 is 14.4 Å². The van der Waals surface area contributed by atoms with Gasteiger partial charge < -0.3 is 15.2 Å². The standard InChI is InChI=1S/C22H26ClN5O3/c23-17-3-4-20(25-13-17)26-21(30)15-5-9-27(10-6-15)14-19(29)16-11-18(24-12-16)22(31)28-7-1-2-8-28/h3-4,11-13,15,24H,1-2,5-10,14H2,(H,25,26,30). The van der Waals surface area contributed by atoms with Crippen LogP contribution >= 0.6 is 11.6 Å². The van der Waals surface area contributed by atoms with E-state index in [9.17, 15) is 14.4 Å². The minimum atomic E-state index is -0.110. The first-order valence-electron chi connectivity index (χ1n) is 10.7. The minimum Gasteiger partial charge on any atom is -0.356 e. The molecule has 0 radical (unpaired) electrons. The highest BCUT2D eigenvalue weighted by atomic mass is 35.5. The molecule has 4 heterocycles. The molecule has 0 saturated carbocycles. The molecule has 31 heavy (non-hydrogen) atoms. The molecule has 2 aliphatic rings. The van der Waals surface area contributed by atoms with Crippen LogP contribution in [-0.2, 0) is 4.79 Å². The molecule has 2 aliphatic heterocycles. The van der Waals surface area contributed by atoms with Gasteiger partial charge >= 0.3 is 0 Å². The van der Waals surface area contributed by atoms with Crippen molar-refractivity contribution in [3.8, 4) is 0 Å². The first-order valence-corrected chi connectivity index (χ1v) is 11.0. The summed E-state index contributed by atoms with van der Waals surface area (Å²) >= 11 is 5.82. The molecule has 9 heteroatoms. The molecule has 2 aromatic heterocycles. The number of amides is 2. The van der Waals surface area contributed by atoms with Crippen LogP contribution in [0.2, 0.25) is 5.02 Å². The predicted molar refractivity (Wildman–Crippen MR) is 117 cm³/mol. The van der Waals surface area contributed by atoms with Crippen molar-refractivity contribution in [2.75, 3.05) is 38.0 Å². The average molecular weight is 444 g/mol. The Morgan fingerprint density at radius 1 is 1.13 bits per heavy atom. The van der Waals surface area contributed by atoms with Gasteiger partial charge in [0.2, 0.25) is 5.91 Å². The molecular weight excluding hydrogens is 418 g/mol. The largest absolute Gasteiger partial charge is 0.356 e.